The molecule has 0 bridgehead atoms. The summed E-state index contributed by atoms with van der Waals surface area (Å²) < 4.78 is 5.10. The third-order valence-corrected chi connectivity index (χ3v) is 1.81. The van der Waals surface area contributed by atoms with Gasteiger partial charge >= 0.3 is 0 Å². The number of benzene rings is 1. The largest absolute Gasteiger partial charge is 0.497 e. The number of hydrogen-bond acceptors (Lipinski definition) is 3. The van der Waals surface area contributed by atoms with Crippen LogP contribution < -0.4 is 10.6 Å². The van der Waals surface area contributed by atoms with Crippen LogP contribution in [0.3, 0.4) is 0 Å². The van der Waals surface area contributed by atoms with Gasteiger partial charge in [0.2, 0.25) is 0 Å². The Kier molecular flexibility index (Phi) is 4.75. The fraction of sp³-hybridized carbons (Fsp3) is 0.273. The van der Waals surface area contributed by atoms with Crippen LogP contribution in [0.2, 0.25) is 0 Å². The van der Waals surface area contributed by atoms with Gasteiger partial charge in [-0.3, -0.25) is 0 Å². The van der Waals surface area contributed by atoms with Gasteiger partial charge < -0.3 is 9.57 Å². The van der Waals surface area contributed by atoms with Crippen molar-refractivity contribution in [3.63, 3.8) is 0 Å². The van der Waals surface area contributed by atoms with E-state index in [4.69, 9.17) is 10.6 Å². The topological polar surface area (TPSA) is 44.5 Å². The summed E-state index contributed by atoms with van der Waals surface area (Å²) in [5.41, 5.74) is 1.11. The quantitative estimate of drug-likeness (QED) is 0.574. The highest BCUT2D eigenvalue weighted by atomic mass is 16.6. The minimum absolute atomic E-state index is 0.542. The Morgan fingerprint density at radius 3 is 3.00 bits per heavy atom. The number of hydrogen-bond donors (Lipinski definition) is 1. The second-order valence-corrected chi connectivity index (χ2v) is 2.84. The Morgan fingerprint density at radius 2 is 2.29 bits per heavy atom. The SMILES string of the molecule is COc1cccc(/C=C/CCON)c1. The van der Waals surface area contributed by atoms with Crippen LogP contribution in [-0.4, -0.2) is 13.7 Å². The van der Waals surface area contributed by atoms with Crippen LogP contribution in [0.5, 0.6) is 5.75 Å². The maximum Gasteiger partial charge on any atom is 0.119 e. The summed E-state index contributed by atoms with van der Waals surface area (Å²) in [5.74, 6) is 5.76. The lowest BCUT2D eigenvalue weighted by molar-refractivity contribution is 0.143. The molecule has 0 fully saturated rings. The second-order valence-electron chi connectivity index (χ2n) is 2.84. The maximum absolute atomic E-state index is 5.10. The van der Waals surface area contributed by atoms with E-state index in [1.54, 1.807) is 7.11 Å². The van der Waals surface area contributed by atoms with Gasteiger partial charge in [-0.05, 0) is 24.1 Å². The normalized spacial score (nSPS) is 10.7. The van der Waals surface area contributed by atoms with Gasteiger partial charge in [0.1, 0.15) is 5.75 Å². The molecule has 1 aromatic carbocycles. The average molecular weight is 193 g/mol. The first kappa shape index (κ1) is 10.8. The molecule has 0 spiro atoms. The molecule has 0 aliphatic heterocycles. The Hall–Kier alpha value is -1.32. The maximum atomic E-state index is 5.10. The standard InChI is InChI=1S/C11H15NO2/c1-13-11-7-4-6-10(9-11)5-2-3-8-14-12/h2,4-7,9H,3,8,12H2,1H3/b5-2+. The van der Waals surface area contributed by atoms with Crippen molar-refractivity contribution in [3.05, 3.63) is 35.9 Å². The molecule has 76 valence electrons. The van der Waals surface area contributed by atoms with Gasteiger partial charge in [0.25, 0.3) is 0 Å². The third-order valence-electron chi connectivity index (χ3n) is 1.81. The number of nitrogens with two attached hydrogens (primary N) is 1. The molecule has 3 nitrogen and oxygen atoms in total. The summed E-state index contributed by atoms with van der Waals surface area (Å²) in [4.78, 5) is 4.45. The molecule has 0 aliphatic carbocycles. The van der Waals surface area contributed by atoms with Crippen molar-refractivity contribution in [2.45, 2.75) is 6.42 Å². The first-order chi connectivity index (χ1) is 6.86. The lowest BCUT2D eigenvalue weighted by Crippen LogP contribution is -1.98. The van der Waals surface area contributed by atoms with E-state index in [0.29, 0.717) is 6.61 Å². The van der Waals surface area contributed by atoms with Gasteiger partial charge in [-0.1, -0.05) is 24.3 Å². The van der Waals surface area contributed by atoms with Gasteiger partial charge in [0.05, 0.1) is 13.7 Å². The van der Waals surface area contributed by atoms with E-state index in [1.165, 1.54) is 0 Å². The molecule has 1 rings (SSSR count). The van der Waals surface area contributed by atoms with Crippen molar-refractivity contribution in [1.82, 2.24) is 0 Å². The average Bonchev–Trinajstić information content (AvgIpc) is 2.25. The fourth-order valence-corrected chi connectivity index (χ4v) is 1.10. The second kappa shape index (κ2) is 6.18. The van der Waals surface area contributed by atoms with Crippen LogP contribution >= 0.6 is 0 Å². The first-order valence-electron chi connectivity index (χ1n) is 4.49. The fourth-order valence-electron chi connectivity index (χ4n) is 1.10. The minimum Gasteiger partial charge on any atom is -0.497 e. The molecule has 0 unspecified atom stereocenters. The van der Waals surface area contributed by atoms with Crippen LogP contribution in [0.4, 0.5) is 0 Å². The number of rotatable bonds is 5. The van der Waals surface area contributed by atoms with Crippen LogP contribution in [0, 0.1) is 0 Å². The van der Waals surface area contributed by atoms with Crippen molar-refractivity contribution in [1.29, 1.82) is 0 Å². The lowest BCUT2D eigenvalue weighted by atomic mass is 10.2. The lowest BCUT2D eigenvalue weighted by Gasteiger charge is -1.99. The summed E-state index contributed by atoms with van der Waals surface area (Å²) in [6, 6.07) is 7.86. The van der Waals surface area contributed by atoms with Gasteiger partial charge in [-0.2, -0.15) is 0 Å². The van der Waals surface area contributed by atoms with E-state index in [0.717, 1.165) is 17.7 Å². The zero-order valence-electron chi connectivity index (χ0n) is 8.27. The summed E-state index contributed by atoms with van der Waals surface area (Å²) in [7, 11) is 1.66. The molecule has 3 heteroatoms. The van der Waals surface area contributed by atoms with E-state index in [-0.39, 0.29) is 0 Å². The molecule has 14 heavy (non-hydrogen) atoms. The minimum atomic E-state index is 0.542. The Labute approximate surface area is 84.1 Å². The molecule has 0 aromatic heterocycles. The molecule has 0 saturated carbocycles. The molecule has 0 saturated heterocycles. The van der Waals surface area contributed by atoms with Crippen LogP contribution in [0.25, 0.3) is 6.08 Å². The molecule has 0 amide bonds. The highest BCUT2D eigenvalue weighted by molar-refractivity contribution is 5.51. The van der Waals surface area contributed by atoms with E-state index in [9.17, 15) is 0 Å². The summed E-state index contributed by atoms with van der Waals surface area (Å²) in [5, 5.41) is 0. The van der Waals surface area contributed by atoms with Crippen molar-refractivity contribution in [2.75, 3.05) is 13.7 Å². The van der Waals surface area contributed by atoms with Gasteiger partial charge in [-0.25, -0.2) is 5.90 Å². The Morgan fingerprint density at radius 1 is 1.43 bits per heavy atom. The molecule has 0 atom stereocenters. The summed E-state index contributed by atoms with van der Waals surface area (Å²) in [6.45, 7) is 0.542. The molecule has 0 heterocycles. The van der Waals surface area contributed by atoms with Crippen LogP contribution in [0.1, 0.15) is 12.0 Å². The van der Waals surface area contributed by atoms with Crippen LogP contribution in [0.15, 0.2) is 30.3 Å². The van der Waals surface area contributed by atoms with E-state index < -0.39 is 0 Å². The highest BCUT2D eigenvalue weighted by Gasteiger charge is 1.90. The Bertz CT molecular complexity index is 297. The van der Waals surface area contributed by atoms with Crippen molar-refractivity contribution < 1.29 is 9.57 Å². The first-order valence-corrected chi connectivity index (χ1v) is 4.49. The molecule has 2 N–H and O–H groups in total. The predicted octanol–water partition coefficient (Wildman–Crippen LogP) is 1.99. The monoisotopic (exact) mass is 193 g/mol. The van der Waals surface area contributed by atoms with E-state index >= 15 is 0 Å². The number of methoxy groups -OCH3 is 1. The molecule has 0 aliphatic rings. The van der Waals surface area contributed by atoms with Gasteiger partial charge in [0.15, 0.2) is 0 Å². The van der Waals surface area contributed by atoms with Crippen molar-refractivity contribution in [2.24, 2.45) is 5.90 Å². The molecular weight excluding hydrogens is 178 g/mol. The van der Waals surface area contributed by atoms with Gasteiger partial charge in [0, 0.05) is 0 Å². The number of ether oxygens (including phenoxy) is 1. The molecular formula is C11H15NO2. The van der Waals surface area contributed by atoms with Crippen LogP contribution in [-0.2, 0) is 4.84 Å². The van der Waals surface area contributed by atoms with E-state index in [1.807, 2.05) is 36.4 Å². The Balaban J connectivity index is 2.53. The third kappa shape index (κ3) is 3.60. The van der Waals surface area contributed by atoms with Gasteiger partial charge in [-0.15, -0.1) is 0 Å². The highest BCUT2D eigenvalue weighted by Crippen LogP contribution is 2.13. The molecule has 1 aromatic rings. The summed E-state index contributed by atoms with van der Waals surface area (Å²) in [6.07, 6.45) is 4.84. The van der Waals surface area contributed by atoms with Crippen molar-refractivity contribution >= 4 is 6.08 Å². The predicted molar refractivity (Wildman–Crippen MR) is 56.8 cm³/mol. The zero-order chi connectivity index (χ0) is 10.2. The summed E-state index contributed by atoms with van der Waals surface area (Å²) >= 11 is 0. The van der Waals surface area contributed by atoms with E-state index in [2.05, 4.69) is 4.84 Å². The molecule has 0 radical (unpaired) electrons. The smallest absolute Gasteiger partial charge is 0.119 e. The van der Waals surface area contributed by atoms with Crippen molar-refractivity contribution in [3.8, 4) is 5.75 Å². The zero-order valence-corrected chi connectivity index (χ0v) is 8.27.